The summed E-state index contributed by atoms with van der Waals surface area (Å²) >= 11 is 0. The zero-order valence-electron chi connectivity index (χ0n) is 7.29. The second-order valence-electron chi connectivity index (χ2n) is 2.99. The second kappa shape index (κ2) is 3.20. The lowest BCUT2D eigenvalue weighted by atomic mass is 10.1. The summed E-state index contributed by atoms with van der Waals surface area (Å²) in [6.45, 7) is 0.992. The topological polar surface area (TPSA) is 65.2 Å². The summed E-state index contributed by atoms with van der Waals surface area (Å²) in [5.41, 5.74) is 13.0. The van der Waals surface area contributed by atoms with Crippen LogP contribution >= 0.6 is 0 Å². The molecule has 0 saturated carbocycles. The number of hydrogen-bond donors (Lipinski definition) is 2. The fourth-order valence-corrected chi connectivity index (χ4v) is 1.38. The fraction of sp³-hybridized carbons (Fsp3) is 0.200. The summed E-state index contributed by atoms with van der Waals surface area (Å²) < 4.78 is 5.45. The van der Waals surface area contributed by atoms with Crippen molar-refractivity contribution in [3.63, 3.8) is 0 Å². The van der Waals surface area contributed by atoms with Gasteiger partial charge in [0.05, 0.1) is 6.54 Å². The Balaban J connectivity index is 2.57. The van der Waals surface area contributed by atoms with E-state index in [-0.39, 0.29) is 0 Å². The zero-order valence-corrected chi connectivity index (χ0v) is 7.29. The van der Waals surface area contributed by atoms with Crippen molar-refractivity contribution in [2.75, 3.05) is 0 Å². The Hall–Kier alpha value is -1.32. The average molecular weight is 176 g/mol. The molecule has 0 atom stereocenters. The number of benzene rings is 1. The maximum absolute atomic E-state index is 5.52. The van der Waals surface area contributed by atoms with Crippen LogP contribution in [-0.2, 0) is 13.1 Å². The molecular weight excluding hydrogens is 164 g/mol. The van der Waals surface area contributed by atoms with Crippen LogP contribution in [0.1, 0.15) is 11.3 Å². The van der Waals surface area contributed by atoms with E-state index in [0.717, 1.165) is 22.3 Å². The normalized spacial score (nSPS) is 10.9. The van der Waals surface area contributed by atoms with E-state index in [1.807, 2.05) is 24.3 Å². The molecule has 0 unspecified atom stereocenters. The fourth-order valence-electron chi connectivity index (χ4n) is 1.38. The third-order valence-electron chi connectivity index (χ3n) is 2.07. The largest absolute Gasteiger partial charge is 0.460 e. The van der Waals surface area contributed by atoms with E-state index in [9.17, 15) is 0 Å². The van der Waals surface area contributed by atoms with Gasteiger partial charge < -0.3 is 15.9 Å². The van der Waals surface area contributed by atoms with Gasteiger partial charge in [0, 0.05) is 11.9 Å². The Morgan fingerprint density at radius 1 is 1.08 bits per heavy atom. The SMILES string of the molecule is NCc1ccc2oc(CN)cc2c1. The minimum absolute atomic E-state index is 0.437. The molecule has 13 heavy (non-hydrogen) atoms. The molecule has 4 N–H and O–H groups in total. The van der Waals surface area contributed by atoms with Gasteiger partial charge in [-0.1, -0.05) is 6.07 Å². The Bertz CT molecular complexity index is 418. The maximum Gasteiger partial charge on any atom is 0.134 e. The first-order valence-electron chi connectivity index (χ1n) is 4.25. The molecule has 0 aliphatic rings. The molecule has 0 saturated heterocycles. The summed E-state index contributed by atoms with van der Waals surface area (Å²) in [5, 5.41) is 1.07. The predicted octanol–water partition coefficient (Wildman–Crippen LogP) is 1.35. The lowest BCUT2D eigenvalue weighted by molar-refractivity contribution is 0.552. The summed E-state index contributed by atoms with van der Waals surface area (Å²) in [5.74, 6) is 0.809. The lowest BCUT2D eigenvalue weighted by Crippen LogP contribution is -1.94. The first kappa shape index (κ1) is 8.29. The molecule has 1 aromatic heterocycles. The van der Waals surface area contributed by atoms with Crippen molar-refractivity contribution in [2.45, 2.75) is 13.1 Å². The van der Waals surface area contributed by atoms with Crippen LogP contribution in [-0.4, -0.2) is 0 Å². The molecule has 2 rings (SSSR count). The van der Waals surface area contributed by atoms with Crippen molar-refractivity contribution in [2.24, 2.45) is 11.5 Å². The van der Waals surface area contributed by atoms with E-state index in [1.165, 1.54) is 0 Å². The molecular formula is C10H12N2O. The molecule has 0 spiro atoms. The van der Waals surface area contributed by atoms with Crippen molar-refractivity contribution < 1.29 is 4.42 Å². The number of hydrogen-bond acceptors (Lipinski definition) is 3. The average Bonchev–Trinajstić information content (AvgIpc) is 2.58. The minimum Gasteiger partial charge on any atom is -0.460 e. The molecule has 2 aromatic rings. The van der Waals surface area contributed by atoms with E-state index < -0.39 is 0 Å². The van der Waals surface area contributed by atoms with Crippen LogP contribution in [0.25, 0.3) is 11.0 Å². The van der Waals surface area contributed by atoms with Gasteiger partial charge in [0.2, 0.25) is 0 Å². The second-order valence-corrected chi connectivity index (χ2v) is 2.99. The van der Waals surface area contributed by atoms with Crippen molar-refractivity contribution in [3.8, 4) is 0 Å². The third kappa shape index (κ3) is 1.43. The Morgan fingerprint density at radius 3 is 2.62 bits per heavy atom. The quantitative estimate of drug-likeness (QED) is 0.725. The van der Waals surface area contributed by atoms with Crippen LogP contribution in [0.3, 0.4) is 0 Å². The standard InChI is InChI=1S/C10H12N2O/c11-5-7-1-2-10-8(3-7)4-9(6-12)13-10/h1-4H,5-6,11-12H2. The molecule has 0 amide bonds. The van der Waals surface area contributed by atoms with Crippen molar-refractivity contribution in [1.29, 1.82) is 0 Å². The molecule has 0 aliphatic carbocycles. The zero-order chi connectivity index (χ0) is 9.26. The van der Waals surface area contributed by atoms with Crippen LogP contribution in [0.4, 0.5) is 0 Å². The number of fused-ring (bicyclic) bond motifs is 1. The van der Waals surface area contributed by atoms with E-state index in [1.54, 1.807) is 0 Å². The monoisotopic (exact) mass is 176 g/mol. The number of nitrogens with two attached hydrogens (primary N) is 2. The molecule has 3 heteroatoms. The van der Waals surface area contributed by atoms with Gasteiger partial charge in [-0.25, -0.2) is 0 Å². The first-order valence-corrected chi connectivity index (χ1v) is 4.25. The highest BCUT2D eigenvalue weighted by atomic mass is 16.3. The van der Waals surface area contributed by atoms with Gasteiger partial charge in [-0.05, 0) is 23.8 Å². The molecule has 1 aromatic carbocycles. The van der Waals surface area contributed by atoms with Gasteiger partial charge in [-0.15, -0.1) is 0 Å². The minimum atomic E-state index is 0.437. The van der Waals surface area contributed by atoms with E-state index >= 15 is 0 Å². The van der Waals surface area contributed by atoms with Crippen molar-refractivity contribution in [3.05, 3.63) is 35.6 Å². The number of furan rings is 1. The van der Waals surface area contributed by atoms with Gasteiger partial charge in [0.1, 0.15) is 11.3 Å². The van der Waals surface area contributed by atoms with Gasteiger partial charge in [0.25, 0.3) is 0 Å². The Kier molecular flexibility index (Phi) is 2.04. The maximum atomic E-state index is 5.52. The molecule has 3 nitrogen and oxygen atoms in total. The van der Waals surface area contributed by atoms with Crippen molar-refractivity contribution >= 4 is 11.0 Å². The third-order valence-corrected chi connectivity index (χ3v) is 2.07. The smallest absolute Gasteiger partial charge is 0.134 e. The molecule has 0 aliphatic heterocycles. The van der Waals surface area contributed by atoms with Gasteiger partial charge in [-0.3, -0.25) is 0 Å². The Morgan fingerprint density at radius 2 is 1.92 bits per heavy atom. The van der Waals surface area contributed by atoms with Gasteiger partial charge in [0.15, 0.2) is 0 Å². The van der Waals surface area contributed by atoms with Crippen LogP contribution in [0.2, 0.25) is 0 Å². The summed E-state index contributed by atoms with van der Waals surface area (Å²) in [4.78, 5) is 0. The lowest BCUT2D eigenvalue weighted by Gasteiger charge is -1.93. The van der Waals surface area contributed by atoms with Crippen molar-refractivity contribution in [1.82, 2.24) is 0 Å². The molecule has 0 radical (unpaired) electrons. The summed E-state index contributed by atoms with van der Waals surface area (Å²) in [6, 6.07) is 7.87. The summed E-state index contributed by atoms with van der Waals surface area (Å²) in [6.07, 6.45) is 0. The van der Waals surface area contributed by atoms with Gasteiger partial charge >= 0.3 is 0 Å². The van der Waals surface area contributed by atoms with Crippen LogP contribution in [0, 0.1) is 0 Å². The van der Waals surface area contributed by atoms with Crippen LogP contribution in [0.15, 0.2) is 28.7 Å². The summed E-state index contributed by atoms with van der Waals surface area (Å²) in [7, 11) is 0. The van der Waals surface area contributed by atoms with E-state index in [4.69, 9.17) is 15.9 Å². The predicted molar refractivity (Wildman–Crippen MR) is 52.0 cm³/mol. The molecule has 0 fully saturated rings. The van der Waals surface area contributed by atoms with E-state index in [0.29, 0.717) is 13.1 Å². The highest BCUT2D eigenvalue weighted by Gasteiger charge is 2.01. The van der Waals surface area contributed by atoms with Crippen LogP contribution in [0.5, 0.6) is 0 Å². The van der Waals surface area contributed by atoms with E-state index in [2.05, 4.69) is 0 Å². The molecule has 68 valence electrons. The first-order chi connectivity index (χ1) is 6.33. The highest BCUT2D eigenvalue weighted by Crippen LogP contribution is 2.20. The molecule has 1 heterocycles. The number of rotatable bonds is 2. The van der Waals surface area contributed by atoms with Gasteiger partial charge in [-0.2, -0.15) is 0 Å². The highest BCUT2D eigenvalue weighted by molar-refractivity contribution is 5.78. The molecule has 0 bridgehead atoms. The Labute approximate surface area is 76.3 Å². The van der Waals surface area contributed by atoms with Crippen LogP contribution < -0.4 is 11.5 Å².